The average molecular weight is 214 g/mol. The van der Waals surface area contributed by atoms with Crippen LogP contribution in [0.3, 0.4) is 0 Å². The Bertz CT molecular complexity index is 275. The minimum Gasteiger partial charge on any atom is -0.375 e. The van der Waals surface area contributed by atoms with Crippen LogP contribution in [-0.4, -0.2) is 11.6 Å². The average Bonchev–Trinajstić information content (AvgIpc) is 2.04. The molecular formula is C8H8BrNO. The van der Waals surface area contributed by atoms with E-state index < -0.39 is 0 Å². The lowest BCUT2D eigenvalue weighted by Crippen LogP contribution is -2.11. The van der Waals surface area contributed by atoms with Gasteiger partial charge in [0.2, 0.25) is 0 Å². The van der Waals surface area contributed by atoms with E-state index in [9.17, 15) is 0 Å². The zero-order valence-electron chi connectivity index (χ0n) is 6.01. The van der Waals surface area contributed by atoms with Crippen molar-refractivity contribution in [3.05, 3.63) is 28.0 Å². The first-order valence-electron chi connectivity index (χ1n) is 3.57. The highest BCUT2D eigenvalue weighted by atomic mass is 79.9. The second kappa shape index (κ2) is 2.91. The molecule has 0 saturated heterocycles. The first-order valence-corrected chi connectivity index (χ1v) is 4.36. The molecule has 0 bridgehead atoms. The Morgan fingerprint density at radius 2 is 2.45 bits per heavy atom. The summed E-state index contributed by atoms with van der Waals surface area (Å²) in [5.41, 5.74) is 2.39. The molecule has 0 amide bonds. The summed E-state index contributed by atoms with van der Waals surface area (Å²) in [6.07, 6.45) is 2.80. The highest BCUT2D eigenvalue weighted by molar-refractivity contribution is 9.10. The van der Waals surface area contributed by atoms with Crippen molar-refractivity contribution < 1.29 is 4.74 Å². The maximum Gasteiger partial charge on any atom is 0.0890 e. The second-order valence-electron chi connectivity index (χ2n) is 2.56. The molecule has 0 atom stereocenters. The van der Waals surface area contributed by atoms with Gasteiger partial charge in [0.05, 0.1) is 18.9 Å². The van der Waals surface area contributed by atoms with Crippen molar-refractivity contribution in [3.63, 3.8) is 0 Å². The molecule has 0 saturated carbocycles. The predicted octanol–water partition coefficient (Wildman–Crippen LogP) is 1.92. The van der Waals surface area contributed by atoms with E-state index in [4.69, 9.17) is 4.74 Å². The maximum atomic E-state index is 5.26. The van der Waals surface area contributed by atoms with Crippen molar-refractivity contribution in [3.8, 4) is 0 Å². The van der Waals surface area contributed by atoms with Crippen LogP contribution in [0.2, 0.25) is 0 Å². The number of aromatic nitrogens is 1. The number of pyridine rings is 1. The topological polar surface area (TPSA) is 22.1 Å². The summed E-state index contributed by atoms with van der Waals surface area (Å²) in [6.45, 7) is 1.49. The zero-order valence-corrected chi connectivity index (χ0v) is 7.60. The lowest BCUT2D eigenvalue weighted by Gasteiger charge is -2.14. The minimum absolute atomic E-state index is 0.669. The van der Waals surface area contributed by atoms with Crippen LogP contribution < -0.4 is 0 Å². The fourth-order valence-electron chi connectivity index (χ4n) is 1.21. The number of nitrogens with zero attached hydrogens (tertiary/aromatic N) is 1. The third kappa shape index (κ3) is 1.44. The molecular weight excluding hydrogens is 206 g/mol. The number of hydrogen-bond donors (Lipinski definition) is 0. The standard InChI is InChI=1S/C8H8BrNO/c9-7-3-6-1-2-11-5-8(6)10-4-7/h3-4H,1-2,5H2. The van der Waals surface area contributed by atoms with Gasteiger partial charge in [0.1, 0.15) is 0 Å². The highest BCUT2D eigenvalue weighted by Crippen LogP contribution is 2.18. The van der Waals surface area contributed by atoms with Gasteiger partial charge in [-0.25, -0.2) is 0 Å². The Balaban J connectivity index is 2.43. The van der Waals surface area contributed by atoms with E-state index in [1.165, 1.54) is 5.56 Å². The minimum atomic E-state index is 0.669. The monoisotopic (exact) mass is 213 g/mol. The van der Waals surface area contributed by atoms with Crippen molar-refractivity contribution in [1.82, 2.24) is 4.98 Å². The van der Waals surface area contributed by atoms with Gasteiger partial charge in [0, 0.05) is 10.7 Å². The van der Waals surface area contributed by atoms with E-state index in [-0.39, 0.29) is 0 Å². The molecule has 0 aliphatic carbocycles. The summed E-state index contributed by atoms with van der Waals surface area (Å²) in [5.74, 6) is 0. The van der Waals surface area contributed by atoms with Crippen LogP contribution in [0, 0.1) is 0 Å². The van der Waals surface area contributed by atoms with E-state index in [1.54, 1.807) is 0 Å². The Morgan fingerprint density at radius 1 is 1.55 bits per heavy atom. The van der Waals surface area contributed by atoms with Crippen LogP contribution in [0.4, 0.5) is 0 Å². The molecule has 3 heteroatoms. The molecule has 11 heavy (non-hydrogen) atoms. The number of fused-ring (bicyclic) bond motifs is 1. The van der Waals surface area contributed by atoms with E-state index in [0.717, 1.165) is 23.2 Å². The third-order valence-corrected chi connectivity index (χ3v) is 2.21. The molecule has 1 aromatic rings. The summed E-state index contributed by atoms with van der Waals surface area (Å²) in [4.78, 5) is 4.25. The lowest BCUT2D eigenvalue weighted by molar-refractivity contribution is 0.107. The SMILES string of the molecule is Brc1cnc2c(c1)CCOC2. The third-order valence-electron chi connectivity index (χ3n) is 1.78. The smallest absolute Gasteiger partial charge is 0.0890 e. The normalized spacial score (nSPS) is 16.1. The Hall–Kier alpha value is -0.410. The van der Waals surface area contributed by atoms with Crippen molar-refractivity contribution in [2.75, 3.05) is 6.61 Å². The fraction of sp³-hybridized carbons (Fsp3) is 0.375. The van der Waals surface area contributed by atoms with Crippen LogP contribution in [0.15, 0.2) is 16.7 Å². The number of rotatable bonds is 0. The molecule has 0 spiro atoms. The second-order valence-corrected chi connectivity index (χ2v) is 3.48. The van der Waals surface area contributed by atoms with Crippen LogP contribution in [-0.2, 0) is 17.8 Å². The molecule has 2 rings (SSSR count). The predicted molar refractivity (Wildman–Crippen MR) is 45.3 cm³/mol. The number of ether oxygens (including phenoxy) is 1. The van der Waals surface area contributed by atoms with Crippen LogP contribution >= 0.6 is 15.9 Å². The van der Waals surface area contributed by atoms with Crippen molar-refractivity contribution in [2.24, 2.45) is 0 Å². The number of halogens is 1. The largest absolute Gasteiger partial charge is 0.375 e. The molecule has 1 aliphatic heterocycles. The van der Waals surface area contributed by atoms with Crippen molar-refractivity contribution in [2.45, 2.75) is 13.0 Å². The summed E-state index contributed by atoms with van der Waals surface area (Å²) in [5, 5.41) is 0. The first-order chi connectivity index (χ1) is 5.36. The van der Waals surface area contributed by atoms with Gasteiger partial charge < -0.3 is 4.74 Å². The van der Waals surface area contributed by atoms with E-state index in [1.807, 2.05) is 6.20 Å². The van der Waals surface area contributed by atoms with Gasteiger partial charge in [-0.3, -0.25) is 4.98 Å². The highest BCUT2D eigenvalue weighted by Gasteiger charge is 2.09. The van der Waals surface area contributed by atoms with E-state index >= 15 is 0 Å². The van der Waals surface area contributed by atoms with Gasteiger partial charge in [-0.15, -0.1) is 0 Å². The van der Waals surface area contributed by atoms with Gasteiger partial charge in [-0.05, 0) is 34.0 Å². The first kappa shape index (κ1) is 7.25. The molecule has 2 heterocycles. The molecule has 0 aromatic carbocycles. The zero-order chi connectivity index (χ0) is 7.68. The summed E-state index contributed by atoms with van der Waals surface area (Å²) < 4.78 is 6.31. The molecule has 1 aliphatic rings. The molecule has 58 valence electrons. The summed E-state index contributed by atoms with van der Waals surface area (Å²) in [6, 6.07) is 2.12. The van der Waals surface area contributed by atoms with Gasteiger partial charge >= 0.3 is 0 Å². The fourth-order valence-corrected chi connectivity index (χ4v) is 1.59. The molecule has 0 N–H and O–H groups in total. The number of hydrogen-bond acceptors (Lipinski definition) is 2. The lowest BCUT2D eigenvalue weighted by atomic mass is 10.1. The van der Waals surface area contributed by atoms with E-state index in [0.29, 0.717) is 6.61 Å². The van der Waals surface area contributed by atoms with Gasteiger partial charge in [-0.1, -0.05) is 0 Å². The molecule has 0 fully saturated rings. The quantitative estimate of drug-likeness (QED) is 0.658. The van der Waals surface area contributed by atoms with E-state index in [2.05, 4.69) is 27.0 Å². The summed E-state index contributed by atoms with van der Waals surface area (Å²) in [7, 11) is 0. The van der Waals surface area contributed by atoms with Crippen LogP contribution in [0.1, 0.15) is 11.3 Å². The Kier molecular flexibility index (Phi) is 1.92. The van der Waals surface area contributed by atoms with Crippen LogP contribution in [0.5, 0.6) is 0 Å². The van der Waals surface area contributed by atoms with Crippen molar-refractivity contribution >= 4 is 15.9 Å². The maximum absolute atomic E-state index is 5.26. The van der Waals surface area contributed by atoms with Gasteiger partial charge in [-0.2, -0.15) is 0 Å². The van der Waals surface area contributed by atoms with Gasteiger partial charge in [0.25, 0.3) is 0 Å². The molecule has 2 nitrogen and oxygen atoms in total. The molecule has 0 unspecified atom stereocenters. The summed E-state index contributed by atoms with van der Waals surface area (Å²) >= 11 is 3.39. The van der Waals surface area contributed by atoms with Gasteiger partial charge in [0.15, 0.2) is 0 Å². The molecule has 1 aromatic heterocycles. The Labute approximate surface area is 73.7 Å². The molecule has 0 radical (unpaired) electrons. The van der Waals surface area contributed by atoms with Crippen molar-refractivity contribution in [1.29, 1.82) is 0 Å². The Morgan fingerprint density at radius 3 is 3.36 bits per heavy atom. The van der Waals surface area contributed by atoms with Crippen LogP contribution in [0.25, 0.3) is 0 Å².